The lowest BCUT2D eigenvalue weighted by atomic mass is 10.1. The van der Waals surface area contributed by atoms with Crippen LogP contribution in [-0.4, -0.2) is 20.2 Å². The molecule has 15 heavy (non-hydrogen) atoms. The highest BCUT2D eigenvalue weighted by Crippen LogP contribution is 2.17. The predicted octanol–water partition coefficient (Wildman–Crippen LogP) is 2.38. The second-order valence-corrected chi connectivity index (χ2v) is 3.47. The van der Waals surface area contributed by atoms with Gasteiger partial charge in [0, 0.05) is 0 Å². The molecule has 0 aliphatic carbocycles. The number of hydrogen-bond donors (Lipinski definition) is 1. The van der Waals surface area contributed by atoms with E-state index in [1.54, 1.807) is 6.07 Å². The third-order valence-corrected chi connectivity index (χ3v) is 2.23. The quantitative estimate of drug-likeness (QED) is 0.729. The maximum absolute atomic E-state index is 13.3. The maximum atomic E-state index is 13.3. The van der Waals surface area contributed by atoms with Crippen molar-refractivity contribution in [2.24, 2.45) is 0 Å². The van der Waals surface area contributed by atoms with Crippen LogP contribution in [0.3, 0.4) is 0 Å². The van der Waals surface area contributed by atoms with E-state index in [1.165, 1.54) is 13.2 Å². The molecular weight excluding hydrogens is 193 g/mol. The molecule has 0 saturated heterocycles. The highest BCUT2D eigenvalue weighted by atomic mass is 19.1. The normalized spacial score (nSPS) is 10.3. The van der Waals surface area contributed by atoms with Crippen LogP contribution in [0, 0.1) is 5.82 Å². The third kappa shape index (κ3) is 3.88. The molecule has 2 nitrogen and oxygen atoms in total. The van der Waals surface area contributed by atoms with Gasteiger partial charge in [0.1, 0.15) is 0 Å². The summed E-state index contributed by atoms with van der Waals surface area (Å²) in [4.78, 5) is 0. The Balaban J connectivity index is 2.45. The number of benzene rings is 1. The predicted molar refractivity (Wildman–Crippen MR) is 59.8 cm³/mol. The van der Waals surface area contributed by atoms with E-state index in [2.05, 4.69) is 12.2 Å². The molecule has 0 aliphatic rings. The van der Waals surface area contributed by atoms with Gasteiger partial charge in [0.15, 0.2) is 11.6 Å². The fraction of sp³-hybridized carbons (Fsp3) is 0.500. The summed E-state index contributed by atoms with van der Waals surface area (Å²) in [5, 5.41) is 3.28. The fourth-order valence-corrected chi connectivity index (χ4v) is 1.40. The zero-order valence-electron chi connectivity index (χ0n) is 9.35. The molecule has 1 aromatic rings. The Morgan fingerprint density at radius 1 is 1.33 bits per heavy atom. The van der Waals surface area contributed by atoms with Crippen molar-refractivity contribution in [3.63, 3.8) is 0 Å². The number of methoxy groups -OCH3 is 1. The first-order valence-corrected chi connectivity index (χ1v) is 5.31. The van der Waals surface area contributed by atoms with Crippen molar-refractivity contribution in [2.75, 3.05) is 20.2 Å². The summed E-state index contributed by atoms with van der Waals surface area (Å²) in [6.45, 7) is 4.03. The summed E-state index contributed by atoms with van der Waals surface area (Å²) in [5.74, 6) is 0.0192. The topological polar surface area (TPSA) is 21.3 Å². The molecule has 0 saturated carbocycles. The molecule has 0 bridgehead atoms. The van der Waals surface area contributed by atoms with Crippen molar-refractivity contribution in [2.45, 2.75) is 19.8 Å². The van der Waals surface area contributed by atoms with Gasteiger partial charge in [-0.1, -0.05) is 13.0 Å². The van der Waals surface area contributed by atoms with E-state index in [0.29, 0.717) is 5.75 Å². The van der Waals surface area contributed by atoms with Gasteiger partial charge in [-0.15, -0.1) is 0 Å². The molecule has 0 spiro atoms. The van der Waals surface area contributed by atoms with Crippen LogP contribution in [-0.2, 0) is 6.42 Å². The summed E-state index contributed by atoms with van der Waals surface area (Å²) in [6, 6.07) is 5.10. The first kappa shape index (κ1) is 12.0. The molecule has 0 heterocycles. The van der Waals surface area contributed by atoms with Crippen LogP contribution in [0.1, 0.15) is 18.9 Å². The summed E-state index contributed by atoms with van der Waals surface area (Å²) in [5.41, 5.74) is 0.997. The van der Waals surface area contributed by atoms with E-state index in [-0.39, 0.29) is 5.82 Å². The molecule has 0 aliphatic heterocycles. The van der Waals surface area contributed by atoms with E-state index >= 15 is 0 Å². The summed E-state index contributed by atoms with van der Waals surface area (Å²) < 4.78 is 18.1. The second-order valence-electron chi connectivity index (χ2n) is 3.47. The molecule has 0 atom stereocenters. The lowest BCUT2D eigenvalue weighted by Gasteiger charge is -2.06. The Labute approximate surface area is 90.4 Å². The lowest BCUT2D eigenvalue weighted by Crippen LogP contribution is -2.17. The van der Waals surface area contributed by atoms with Gasteiger partial charge in [-0.05, 0) is 43.6 Å². The van der Waals surface area contributed by atoms with E-state index in [9.17, 15) is 4.39 Å². The highest BCUT2D eigenvalue weighted by molar-refractivity contribution is 5.29. The van der Waals surface area contributed by atoms with Gasteiger partial charge in [-0.25, -0.2) is 4.39 Å². The minimum atomic E-state index is -0.287. The van der Waals surface area contributed by atoms with Crippen molar-refractivity contribution < 1.29 is 9.13 Å². The molecule has 0 amide bonds. The van der Waals surface area contributed by atoms with Gasteiger partial charge in [0.2, 0.25) is 0 Å². The minimum absolute atomic E-state index is 0.287. The Bertz CT molecular complexity index is 302. The molecule has 0 aromatic heterocycles. The van der Waals surface area contributed by atoms with Gasteiger partial charge in [0.25, 0.3) is 0 Å². The first-order chi connectivity index (χ1) is 7.27. The molecule has 1 N–H and O–H groups in total. The summed E-state index contributed by atoms with van der Waals surface area (Å²) >= 11 is 0. The minimum Gasteiger partial charge on any atom is -0.494 e. The van der Waals surface area contributed by atoms with Crippen molar-refractivity contribution in [3.8, 4) is 5.75 Å². The van der Waals surface area contributed by atoms with Crippen LogP contribution in [0.4, 0.5) is 4.39 Å². The Kier molecular flexibility index (Phi) is 5.12. The maximum Gasteiger partial charge on any atom is 0.165 e. The van der Waals surface area contributed by atoms with Gasteiger partial charge >= 0.3 is 0 Å². The van der Waals surface area contributed by atoms with Crippen LogP contribution in [0.5, 0.6) is 5.75 Å². The molecule has 0 fully saturated rings. The number of hydrogen-bond acceptors (Lipinski definition) is 2. The number of nitrogens with one attached hydrogen (secondary N) is 1. The highest BCUT2D eigenvalue weighted by Gasteiger charge is 2.02. The standard InChI is InChI=1S/C12H18FNO/c1-3-7-14-8-6-10-4-5-12(15-2)11(13)9-10/h4-5,9,14H,3,6-8H2,1-2H3. The van der Waals surface area contributed by atoms with Crippen molar-refractivity contribution in [1.29, 1.82) is 0 Å². The largest absolute Gasteiger partial charge is 0.494 e. The van der Waals surface area contributed by atoms with Gasteiger partial charge < -0.3 is 10.1 Å². The number of halogens is 1. The molecule has 0 radical (unpaired) electrons. The van der Waals surface area contributed by atoms with Crippen LogP contribution in [0.25, 0.3) is 0 Å². The lowest BCUT2D eigenvalue weighted by molar-refractivity contribution is 0.386. The van der Waals surface area contributed by atoms with Crippen LogP contribution < -0.4 is 10.1 Å². The van der Waals surface area contributed by atoms with E-state index < -0.39 is 0 Å². The van der Waals surface area contributed by atoms with Crippen molar-refractivity contribution >= 4 is 0 Å². The second kappa shape index (κ2) is 6.40. The average Bonchev–Trinajstić information content (AvgIpc) is 2.25. The van der Waals surface area contributed by atoms with Gasteiger partial charge in [-0.2, -0.15) is 0 Å². The molecule has 0 unspecified atom stereocenters. The van der Waals surface area contributed by atoms with E-state index in [4.69, 9.17) is 4.74 Å². The molecular formula is C12H18FNO. The molecule has 1 rings (SSSR count). The molecule has 84 valence electrons. The Morgan fingerprint density at radius 3 is 2.73 bits per heavy atom. The SMILES string of the molecule is CCCNCCc1ccc(OC)c(F)c1. The van der Waals surface area contributed by atoms with E-state index in [1.807, 2.05) is 6.07 Å². The van der Waals surface area contributed by atoms with Crippen molar-refractivity contribution in [1.82, 2.24) is 5.32 Å². The summed E-state index contributed by atoms with van der Waals surface area (Å²) in [7, 11) is 1.47. The van der Waals surface area contributed by atoms with Crippen molar-refractivity contribution in [3.05, 3.63) is 29.6 Å². The smallest absolute Gasteiger partial charge is 0.165 e. The summed E-state index contributed by atoms with van der Waals surface area (Å²) in [6.07, 6.45) is 1.97. The van der Waals surface area contributed by atoms with Gasteiger partial charge in [-0.3, -0.25) is 0 Å². The monoisotopic (exact) mass is 211 g/mol. The zero-order valence-corrected chi connectivity index (χ0v) is 9.35. The first-order valence-electron chi connectivity index (χ1n) is 5.31. The fourth-order valence-electron chi connectivity index (χ4n) is 1.40. The molecule has 3 heteroatoms. The van der Waals surface area contributed by atoms with Crippen LogP contribution in [0.2, 0.25) is 0 Å². The van der Waals surface area contributed by atoms with Crippen LogP contribution in [0.15, 0.2) is 18.2 Å². The third-order valence-electron chi connectivity index (χ3n) is 2.23. The van der Waals surface area contributed by atoms with Crippen LogP contribution >= 0.6 is 0 Å². The Morgan fingerprint density at radius 2 is 2.13 bits per heavy atom. The molecule has 1 aromatic carbocycles. The Hall–Kier alpha value is -1.09. The van der Waals surface area contributed by atoms with Gasteiger partial charge in [0.05, 0.1) is 7.11 Å². The average molecular weight is 211 g/mol. The van der Waals surface area contributed by atoms with E-state index in [0.717, 1.165) is 31.5 Å². The number of ether oxygens (including phenoxy) is 1. The number of rotatable bonds is 6. The zero-order chi connectivity index (χ0) is 11.1.